The third-order valence-corrected chi connectivity index (χ3v) is 2.58. The summed E-state index contributed by atoms with van der Waals surface area (Å²) in [4.78, 5) is 0. The van der Waals surface area contributed by atoms with Crippen molar-refractivity contribution in [3.05, 3.63) is 17.5 Å². The Balaban J connectivity index is 2.17. The largest absolute Gasteiger partial charge is 0.311 e. The molecule has 4 heteroatoms. The van der Waals surface area contributed by atoms with Crippen LogP contribution in [-0.2, 0) is 13.6 Å². The van der Waals surface area contributed by atoms with E-state index in [4.69, 9.17) is 11.6 Å². The van der Waals surface area contributed by atoms with Gasteiger partial charge in [0.25, 0.3) is 0 Å². The molecule has 1 aromatic heterocycles. The zero-order valence-electron chi connectivity index (χ0n) is 9.76. The molecule has 0 aliphatic heterocycles. The molecule has 0 aromatic carbocycles. The van der Waals surface area contributed by atoms with E-state index in [-0.39, 0.29) is 5.38 Å². The van der Waals surface area contributed by atoms with Crippen LogP contribution in [0.2, 0.25) is 0 Å². The first kappa shape index (κ1) is 12.5. The maximum absolute atomic E-state index is 5.86. The van der Waals surface area contributed by atoms with Gasteiger partial charge in [-0.2, -0.15) is 5.10 Å². The molecule has 1 unspecified atom stereocenters. The molecule has 15 heavy (non-hydrogen) atoms. The highest BCUT2D eigenvalue weighted by Crippen LogP contribution is 2.03. The fourth-order valence-electron chi connectivity index (χ4n) is 1.55. The lowest BCUT2D eigenvalue weighted by atomic mass is 10.2. The average Bonchev–Trinajstić information content (AvgIpc) is 2.44. The van der Waals surface area contributed by atoms with Crippen LogP contribution in [0.3, 0.4) is 0 Å². The van der Waals surface area contributed by atoms with Gasteiger partial charge < -0.3 is 5.32 Å². The minimum atomic E-state index is 0.283. The van der Waals surface area contributed by atoms with Gasteiger partial charge in [-0.05, 0) is 39.3 Å². The second-order valence-corrected chi connectivity index (χ2v) is 4.75. The maximum Gasteiger partial charge on any atom is 0.0597 e. The fourth-order valence-corrected chi connectivity index (χ4v) is 1.71. The van der Waals surface area contributed by atoms with Crippen molar-refractivity contribution in [2.24, 2.45) is 7.05 Å². The lowest BCUT2D eigenvalue weighted by molar-refractivity contribution is 0.589. The SMILES string of the molecule is Cc1cc(CNCCCC(C)Cl)n(C)n1. The summed E-state index contributed by atoms with van der Waals surface area (Å²) in [6, 6.07) is 2.11. The van der Waals surface area contributed by atoms with Gasteiger partial charge in [-0.15, -0.1) is 11.6 Å². The minimum absolute atomic E-state index is 0.283. The normalized spacial score (nSPS) is 13.1. The highest BCUT2D eigenvalue weighted by atomic mass is 35.5. The van der Waals surface area contributed by atoms with Gasteiger partial charge in [-0.1, -0.05) is 0 Å². The van der Waals surface area contributed by atoms with Gasteiger partial charge in [0.05, 0.1) is 11.4 Å². The first-order valence-electron chi connectivity index (χ1n) is 5.44. The van der Waals surface area contributed by atoms with Gasteiger partial charge in [-0.25, -0.2) is 0 Å². The van der Waals surface area contributed by atoms with Gasteiger partial charge in [0.15, 0.2) is 0 Å². The summed E-state index contributed by atoms with van der Waals surface area (Å²) < 4.78 is 1.92. The predicted octanol–water partition coefficient (Wildman–Crippen LogP) is 2.23. The third kappa shape index (κ3) is 4.67. The van der Waals surface area contributed by atoms with Crippen LogP contribution in [-0.4, -0.2) is 21.7 Å². The van der Waals surface area contributed by atoms with E-state index in [0.29, 0.717) is 0 Å². The first-order valence-corrected chi connectivity index (χ1v) is 5.87. The molecule has 3 nitrogen and oxygen atoms in total. The number of nitrogens with zero attached hydrogens (tertiary/aromatic N) is 2. The standard InChI is InChI=1S/C11H20ClN3/c1-9(12)5-4-6-13-8-11-7-10(2)14-15(11)3/h7,9,13H,4-6,8H2,1-3H3. The van der Waals surface area contributed by atoms with Crippen molar-refractivity contribution in [2.45, 2.75) is 38.6 Å². The molecule has 0 spiro atoms. The van der Waals surface area contributed by atoms with Crippen molar-refractivity contribution < 1.29 is 0 Å². The Morgan fingerprint density at radius 1 is 1.60 bits per heavy atom. The number of aromatic nitrogens is 2. The number of halogens is 1. The lowest BCUT2D eigenvalue weighted by Crippen LogP contribution is -2.17. The molecule has 0 saturated carbocycles. The molecule has 86 valence electrons. The summed E-state index contributed by atoms with van der Waals surface area (Å²) in [7, 11) is 1.98. The van der Waals surface area contributed by atoms with E-state index in [1.807, 2.05) is 25.6 Å². The molecule has 0 amide bonds. The number of nitrogens with one attached hydrogen (secondary N) is 1. The maximum atomic E-state index is 5.86. The zero-order chi connectivity index (χ0) is 11.3. The van der Waals surface area contributed by atoms with E-state index in [9.17, 15) is 0 Å². The zero-order valence-corrected chi connectivity index (χ0v) is 10.5. The van der Waals surface area contributed by atoms with E-state index >= 15 is 0 Å². The van der Waals surface area contributed by atoms with Gasteiger partial charge in [0.2, 0.25) is 0 Å². The lowest BCUT2D eigenvalue weighted by Gasteiger charge is -2.05. The molecule has 1 aromatic rings. The van der Waals surface area contributed by atoms with E-state index < -0.39 is 0 Å². The number of rotatable bonds is 6. The summed E-state index contributed by atoms with van der Waals surface area (Å²) in [5, 5.41) is 7.97. The van der Waals surface area contributed by atoms with E-state index in [2.05, 4.69) is 16.5 Å². The summed E-state index contributed by atoms with van der Waals surface area (Å²) >= 11 is 5.86. The first-order chi connectivity index (χ1) is 7.09. The number of alkyl halides is 1. The molecule has 0 aliphatic carbocycles. The molecular formula is C11H20ClN3. The molecule has 0 fully saturated rings. The summed E-state index contributed by atoms with van der Waals surface area (Å²) in [5.74, 6) is 0. The molecule has 0 saturated heterocycles. The highest BCUT2D eigenvalue weighted by Gasteiger charge is 2.01. The van der Waals surface area contributed by atoms with E-state index in [1.165, 1.54) is 5.69 Å². The van der Waals surface area contributed by atoms with Crippen LogP contribution >= 0.6 is 11.6 Å². The van der Waals surface area contributed by atoms with Crippen molar-refractivity contribution in [3.8, 4) is 0 Å². The molecule has 1 N–H and O–H groups in total. The van der Waals surface area contributed by atoms with Gasteiger partial charge in [-0.3, -0.25) is 4.68 Å². The van der Waals surface area contributed by atoms with Crippen LogP contribution in [0.4, 0.5) is 0 Å². The van der Waals surface area contributed by atoms with E-state index in [1.54, 1.807) is 0 Å². The van der Waals surface area contributed by atoms with Crippen molar-refractivity contribution >= 4 is 11.6 Å². The summed E-state index contributed by atoms with van der Waals surface area (Å²) in [5.41, 5.74) is 2.30. The van der Waals surface area contributed by atoms with Crippen molar-refractivity contribution in [1.29, 1.82) is 0 Å². The number of hydrogen-bond donors (Lipinski definition) is 1. The van der Waals surface area contributed by atoms with Crippen molar-refractivity contribution in [3.63, 3.8) is 0 Å². The third-order valence-electron chi connectivity index (χ3n) is 2.36. The fraction of sp³-hybridized carbons (Fsp3) is 0.727. The van der Waals surface area contributed by atoms with Crippen LogP contribution < -0.4 is 5.32 Å². The van der Waals surface area contributed by atoms with Crippen LogP contribution in [0.1, 0.15) is 31.2 Å². The Kier molecular flexibility index (Phi) is 5.12. The highest BCUT2D eigenvalue weighted by molar-refractivity contribution is 6.20. The Morgan fingerprint density at radius 3 is 2.87 bits per heavy atom. The Labute approximate surface area is 96.8 Å². The van der Waals surface area contributed by atoms with Crippen LogP contribution in [0.15, 0.2) is 6.07 Å². The Morgan fingerprint density at radius 2 is 2.33 bits per heavy atom. The summed E-state index contributed by atoms with van der Waals surface area (Å²) in [6.45, 7) is 5.94. The smallest absolute Gasteiger partial charge is 0.0597 e. The minimum Gasteiger partial charge on any atom is -0.311 e. The Hall–Kier alpha value is -0.540. The number of hydrogen-bond acceptors (Lipinski definition) is 2. The topological polar surface area (TPSA) is 29.9 Å². The van der Waals surface area contributed by atoms with Crippen LogP contribution in [0, 0.1) is 6.92 Å². The van der Waals surface area contributed by atoms with Crippen molar-refractivity contribution in [2.75, 3.05) is 6.54 Å². The van der Waals surface area contributed by atoms with Crippen LogP contribution in [0.5, 0.6) is 0 Å². The second-order valence-electron chi connectivity index (χ2n) is 4.00. The predicted molar refractivity (Wildman–Crippen MR) is 64.2 cm³/mol. The molecular weight excluding hydrogens is 210 g/mol. The summed E-state index contributed by atoms with van der Waals surface area (Å²) in [6.07, 6.45) is 2.19. The van der Waals surface area contributed by atoms with Gasteiger partial charge in [0, 0.05) is 19.0 Å². The average molecular weight is 230 g/mol. The number of aryl methyl sites for hydroxylation is 2. The molecule has 1 rings (SSSR count). The van der Waals surface area contributed by atoms with Gasteiger partial charge >= 0.3 is 0 Å². The monoisotopic (exact) mass is 229 g/mol. The van der Waals surface area contributed by atoms with Crippen molar-refractivity contribution in [1.82, 2.24) is 15.1 Å². The second kappa shape index (κ2) is 6.13. The Bertz CT molecular complexity index is 294. The molecule has 0 aliphatic rings. The van der Waals surface area contributed by atoms with Gasteiger partial charge in [0.1, 0.15) is 0 Å². The van der Waals surface area contributed by atoms with Crippen LogP contribution in [0.25, 0.3) is 0 Å². The molecule has 1 atom stereocenters. The molecule has 0 radical (unpaired) electrons. The molecule has 1 heterocycles. The molecule has 0 bridgehead atoms. The quantitative estimate of drug-likeness (QED) is 0.599. The van der Waals surface area contributed by atoms with E-state index in [0.717, 1.165) is 31.6 Å².